The quantitative estimate of drug-likeness (QED) is 0.425. The minimum atomic E-state index is -0.544. The number of hydrogen-bond acceptors (Lipinski definition) is 4. The van der Waals surface area contributed by atoms with E-state index in [9.17, 15) is 13.6 Å². The highest BCUT2D eigenvalue weighted by atomic mass is 32.1. The normalized spacial score (nSPS) is 11.3. The molecule has 1 heterocycles. The second-order valence-corrected chi connectivity index (χ2v) is 6.58. The molecule has 6 heteroatoms. The van der Waals surface area contributed by atoms with E-state index in [0.717, 1.165) is 4.88 Å². The van der Waals surface area contributed by atoms with E-state index in [2.05, 4.69) is 0 Å². The predicted octanol–water partition coefficient (Wildman–Crippen LogP) is 5.32. The lowest BCUT2D eigenvalue weighted by Crippen LogP contribution is -2.07. The average Bonchev–Trinajstić information content (AvgIpc) is 3.20. The fourth-order valence-electron chi connectivity index (χ4n) is 2.41. The zero-order valence-corrected chi connectivity index (χ0v) is 15.3. The van der Waals surface area contributed by atoms with Crippen molar-refractivity contribution in [1.29, 1.82) is 0 Å². The third-order valence-corrected chi connectivity index (χ3v) is 4.68. The molecule has 0 bridgehead atoms. The Balaban J connectivity index is 1.79. The van der Waals surface area contributed by atoms with Crippen LogP contribution in [-0.2, 0) is 16.1 Å². The Kier molecular flexibility index (Phi) is 5.98. The highest BCUT2D eigenvalue weighted by molar-refractivity contribution is 7.11. The van der Waals surface area contributed by atoms with Gasteiger partial charge in [0.1, 0.15) is 12.4 Å². The summed E-state index contributed by atoms with van der Waals surface area (Å²) in [6.07, 6.45) is 1.64. The fraction of sp³-hybridized carbons (Fsp3) is 0.0952. The lowest BCUT2D eigenvalue weighted by molar-refractivity contribution is -0.137. The van der Waals surface area contributed by atoms with E-state index in [4.69, 9.17) is 9.47 Å². The first-order valence-corrected chi connectivity index (χ1v) is 8.95. The first kappa shape index (κ1) is 18.8. The van der Waals surface area contributed by atoms with Gasteiger partial charge in [0.2, 0.25) is 0 Å². The van der Waals surface area contributed by atoms with Crippen molar-refractivity contribution in [3.63, 3.8) is 0 Å². The molecule has 3 aromatic rings. The molecule has 0 aliphatic rings. The lowest BCUT2D eigenvalue weighted by Gasteiger charge is -2.09. The second-order valence-electron chi connectivity index (χ2n) is 5.63. The summed E-state index contributed by atoms with van der Waals surface area (Å²) in [6.45, 7) is -0.0775. The van der Waals surface area contributed by atoms with Gasteiger partial charge < -0.3 is 9.47 Å². The number of carbonyl (C=O) groups is 1. The standard InChI is InChI=1S/C21H16F2O3S/c1-25-19-9-6-15(12-18(19)23)13-26-21(24)17(20-3-2-10-27-20)11-14-4-7-16(22)8-5-14/h2-12H,13H2,1H3. The number of benzene rings is 2. The molecule has 2 aromatic carbocycles. The Morgan fingerprint density at radius 1 is 1.11 bits per heavy atom. The topological polar surface area (TPSA) is 35.5 Å². The van der Waals surface area contributed by atoms with Crippen LogP contribution in [0.2, 0.25) is 0 Å². The van der Waals surface area contributed by atoms with Crippen LogP contribution in [0.15, 0.2) is 60.0 Å². The molecule has 138 valence electrons. The Morgan fingerprint density at radius 2 is 1.89 bits per heavy atom. The molecule has 0 spiro atoms. The van der Waals surface area contributed by atoms with E-state index >= 15 is 0 Å². The maximum atomic E-state index is 13.8. The summed E-state index contributed by atoms with van der Waals surface area (Å²) in [5.41, 5.74) is 1.53. The third-order valence-electron chi connectivity index (χ3n) is 3.77. The highest BCUT2D eigenvalue weighted by Crippen LogP contribution is 2.25. The Labute approximate surface area is 159 Å². The zero-order valence-electron chi connectivity index (χ0n) is 14.4. The van der Waals surface area contributed by atoms with Gasteiger partial charge in [0.25, 0.3) is 0 Å². The smallest absolute Gasteiger partial charge is 0.339 e. The lowest BCUT2D eigenvalue weighted by atomic mass is 10.1. The largest absolute Gasteiger partial charge is 0.494 e. The minimum absolute atomic E-state index is 0.0775. The van der Waals surface area contributed by atoms with E-state index < -0.39 is 11.8 Å². The number of halogens is 2. The molecular formula is C21H16F2O3S. The van der Waals surface area contributed by atoms with E-state index in [1.54, 1.807) is 30.3 Å². The highest BCUT2D eigenvalue weighted by Gasteiger charge is 2.16. The summed E-state index contributed by atoms with van der Waals surface area (Å²) in [6, 6.07) is 13.8. The molecule has 3 rings (SSSR count). The average molecular weight is 386 g/mol. The van der Waals surface area contributed by atoms with Crippen molar-refractivity contribution >= 4 is 29.0 Å². The zero-order chi connectivity index (χ0) is 19.2. The first-order valence-electron chi connectivity index (χ1n) is 8.07. The molecule has 0 saturated carbocycles. The summed E-state index contributed by atoms with van der Waals surface area (Å²) in [4.78, 5) is 13.3. The van der Waals surface area contributed by atoms with E-state index in [1.165, 1.54) is 42.7 Å². The summed E-state index contributed by atoms with van der Waals surface area (Å²) < 4.78 is 37.1. The van der Waals surface area contributed by atoms with Crippen LogP contribution >= 0.6 is 11.3 Å². The van der Waals surface area contributed by atoms with Gasteiger partial charge in [0, 0.05) is 4.88 Å². The van der Waals surface area contributed by atoms with Crippen LogP contribution in [0, 0.1) is 11.6 Å². The van der Waals surface area contributed by atoms with Gasteiger partial charge in [-0.15, -0.1) is 11.3 Å². The molecule has 1 aromatic heterocycles. The molecule has 0 N–H and O–H groups in total. The number of rotatable bonds is 6. The van der Waals surface area contributed by atoms with Crippen LogP contribution in [0.4, 0.5) is 8.78 Å². The van der Waals surface area contributed by atoms with Crippen molar-refractivity contribution in [3.8, 4) is 5.75 Å². The van der Waals surface area contributed by atoms with Crippen LogP contribution in [0.3, 0.4) is 0 Å². The number of ether oxygens (including phenoxy) is 2. The Bertz CT molecular complexity index is 948. The monoisotopic (exact) mass is 386 g/mol. The number of esters is 1. The molecular weight excluding hydrogens is 370 g/mol. The Morgan fingerprint density at radius 3 is 2.52 bits per heavy atom. The van der Waals surface area contributed by atoms with Gasteiger partial charge in [-0.05, 0) is 52.9 Å². The second kappa shape index (κ2) is 8.60. The van der Waals surface area contributed by atoms with Gasteiger partial charge in [-0.3, -0.25) is 0 Å². The molecule has 0 radical (unpaired) electrons. The number of carbonyl (C=O) groups excluding carboxylic acids is 1. The Hall–Kier alpha value is -2.99. The van der Waals surface area contributed by atoms with Gasteiger partial charge >= 0.3 is 5.97 Å². The molecule has 0 fully saturated rings. The summed E-state index contributed by atoms with van der Waals surface area (Å²) in [5, 5.41) is 1.85. The third kappa shape index (κ3) is 4.80. The van der Waals surface area contributed by atoms with Gasteiger partial charge in [-0.1, -0.05) is 24.3 Å². The van der Waals surface area contributed by atoms with Crippen LogP contribution in [0.1, 0.15) is 16.0 Å². The maximum absolute atomic E-state index is 13.8. The predicted molar refractivity (Wildman–Crippen MR) is 101 cm³/mol. The van der Waals surface area contributed by atoms with E-state index in [0.29, 0.717) is 16.7 Å². The molecule has 0 aliphatic heterocycles. The summed E-state index contributed by atoms with van der Waals surface area (Å²) in [7, 11) is 1.38. The molecule has 27 heavy (non-hydrogen) atoms. The maximum Gasteiger partial charge on any atom is 0.339 e. The molecule has 0 aliphatic carbocycles. The number of thiophene rings is 1. The summed E-state index contributed by atoms with van der Waals surface area (Å²) >= 11 is 1.39. The van der Waals surface area contributed by atoms with Crippen LogP contribution in [0.25, 0.3) is 11.6 Å². The first-order chi connectivity index (χ1) is 13.1. The van der Waals surface area contributed by atoms with E-state index in [-0.39, 0.29) is 18.2 Å². The van der Waals surface area contributed by atoms with Crippen molar-refractivity contribution in [2.24, 2.45) is 0 Å². The van der Waals surface area contributed by atoms with Gasteiger partial charge in [0.15, 0.2) is 11.6 Å². The molecule has 3 nitrogen and oxygen atoms in total. The van der Waals surface area contributed by atoms with Crippen LogP contribution in [-0.4, -0.2) is 13.1 Å². The SMILES string of the molecule is COc1ccc(COC(=O)C(=Cc2ccc(F)cc2)c2cccs2)cc1F. The van der Waals surface area contributed by atoms with Crippen molar-refractivity contribution in [2.75, 3.05) is 7.11 Å². The van der Waals surface area contributed by atoms with Crippen molar-refractivity contribution in [3.05, 3.63) is 87.6 Å². The van der Waals surface area contributed by atoms with Crippen molar-refractivity contribution in [2.45, 2.75) is 6.61 Å². The van der Waals surface area contributed by atoms with Crippen molar-refractivity contribution in [1.82, 2.24) is 0 Å². The van der Waals surface area contributed by atoms with Gasteiger partial charge in [0.05, 0.1) is 12.7 Å². The van der Waals surface area contributed by atoms with Crippen molar-refractivity contribution < 1.29 is 23.0 Å². The molecule has 0 unspecified atom stereocenters. The van der Waals surface area contributed by atoms with Crippen LogP contribution < -0.4 is 4.74 Å². The molecule has 0 atom stereocenters. The molecule has 0 amide bonds. The summed E-state index contributed by atoms with van der Waals surface area (Å²) in [5.74, 6) is -1.29. The van der Waals surface area contributed by atoms with Gasteiger partial charge in [-0.2, -0.15) is 0 Å². The minimum Gasteiger partial charge on any atom is -0.494 e. The molecule has 0 saturated heterocycles. The van der Waals surface area contributed by atoms with Gasteiger partial charge in [-0.25, -0.2) is 13.6 Å². The number of methoxy groups -OCH3 is 1. The number of hydrogen-bond donors (Lipinski definition) is 0. The van der Waals surface area contributed by atoms with Crippen LogP contribution in [0.5, 0.6) is 5.75 Å². The fourth-order valence-corrected chi connectivity index (χ4v) is 3.14. The van der Waals surface area contributed by atoms with E-state index in [1.807, 2.05) is 11.4 Å².